The van der Waals surface area contributed by atoms with E-state index in [2.05, 4.69) is 31.9 Å². The van der Waals surface area contributed by atoms with Crippen LogP contribution in [0.5, 0.6) is 0 Å². The SMILES string of the molecule is O=C(CCC1CCNCC1)NCCCNC(=O)c1cccc(Br)c1. The Bertz CT molecular complexity index is 545. The van der Waals surface area contributed by atoms with Crippen LogP contribution < -0.4 is 16.0 Å². The van der Waals surface area contributed by atoms with Gasteiger partial charge in [0.25, 0.3) is 5.91 Å². The van der Waals surface area contributed by atoms with Gasteiger partial charge in [0.1, 0.15) is 0 Å². The van der Waals surface area contributed by atoms with Gasteiger partial charge in [-0.3, -0.25) is 9.59 Å². The molecule has 1 aromatic carbocycles. The zero-order chi connectivity index (χ0) is 17.2. The Morgan fingerprint density at radius 3 is 2.67 bits per heavy atom. The lowest BCUT2D eigenvalue weighted by Crippen LogP contribution is -2.31. The monoisotopic (exact) mass is 395 g/mol. The summed E-state index contributed by atoms with van der Waals surface area (Å²) in [6, 6.07) is 7.29. The maximum Gasteiger partial charge on any atom is 0.251 e. The van der Waals surface area contributed by atoms with Gasteiger partial charge in [-0.1, -0.05) is 22.0 Å². The zero-order valence-electron chi connectivity index (χ0n) is 13.9. The van der Waals surface area contributed by atoms with E-state index in [4.69, 9.17) is 0 Å². The molecular formula is C18H26BrN3O2. The van der Waals surface area contributed by atoms with Crippen LogP contribution in [0.15, 0.2) is 28.7 Å². The summed E-state index contributed by atoms with van der Waals surface area (Å²) >= 11 is 3.35. The van der Waals surface area contributed by atoms with E-state index >= 15 is 0 Å². The van der Waals surface area contributed by atoms with Crippen LogP contribution in [0.25, 0.3) is 0 Å². The number of hydrogen-bond donors (Lipinski definition) is 3. The van der Waals surface area contributed by atoms with Gasteiger partial charge in [0.15, 0.2) is 0 Å². The number of nitrogens with one attached hydrogen (secondary N) is 3. The quantitative estimate of drug-likeness (QED) is 0.592. The first-order valence-corrected chi connectivity index (χ1v) is 9.45. The molecule has 6 heteroatoms. The van der Waals surface area contributed by atoms with Crippen molar-refractivity contribution in [2.24, 2.45) is 5.92 Å². The minimum Gasteiger partial charge on any atom is -0.356 e. The van der Waals surface area contributed by atoms with Gasteiger partial charge >= 0.3 is 0 Å². The molecule has 1 aliphatic heterocycles. The predicted molar refractivity (Wildman–Crippen MR) is 98.9 cm³/mol. The van der Waals surface area contributed by atoms with E-state index < -0.39 is 0 Å². The molecule has 24 heavy (non-hydrogen) atoms. The van der Waals surface area contributed by atoms with Crippen molar-refractivity contribution in [3.63, 3.8) is 0 Å². The van der Waals surface area contributed by atoms with Gasteiger partial charge in [-0.2, -0.15) is 0 Å². The first-order valence-electron chi connectivity index (χ1n) is 8.66. The van der Waals surface area contributed by atoms with Crippen molar-refractivity contribution in [2.45, 2.75) is 32.1 Å². The summed E-state index contributed by atoms with van der Waals surface area (Å²) in [4.78, 5) is 23.8. The number of piperidine rings is 1. The summed E-state index contributed by atoms with van der Waals surface area (Å²) in [6.07, 6.45) is 4.67. The second kappa shape index (κ2) is 10.5. The molecule has 1 aliphatic rings. The highest BCUT2D eigenvalue weighted by Crippen LogP contribution is 2.17. The Morgan fingerprint density at radius 1 is 1.17 bits per heavy atom. The zero-order valence-corrected chi connectivity index (χ0v) is 15.5. The van der Waals surface area contributed by atoms with Gasteiger partial charge in [0.2, 0.25) is 5.91 Å². The van der Waals surface area contributed by atoms with Crippen molar-refractivity contribution in [1.29, 1.82) is 0 Å². The number of amides is 2. The number of benzene rings is 1. The fourth-order valence-electron chi connectivity index (χ4n) is 2.84. The van der Waals surface area contributed by atoms with Crippen LogP contribution in [0, 0.1) is 5.92 Å². The molecule has 0 spiro atoms. The second-order valence-corrected chi connectivity index (χ2v) is 7.12. The predicted octanol–water partition coefficient (Wildman–Crippen LogP) is 2.47. The first-order chi connectivity index (χ1) is 11.6. The van der Waals surface area contributed by atoms with Crippen molar-refractivity contribution in [3.8, 4) is 0 Å². The summed E-state index contributed by atoms with van der Waals surface area (Å²) in [5.41, 5.74) is 0.635. The third-order valence-electron chi connectivity index (χ3n) is 4.29. The van der Waals surface area contributed by atoms with E-state index in [1.54, 1.807) is 12.1 Å². The van der Waals surface area contributed by atoms with Crippen molar-refractivity contribution >= 4 is 27.7 Å². The number of halogens is 1. The highest BCUT2D eigenvalue weighted by molar-refractivity contribution is 9.10. The molecule has 0 radical (unpaired) electrons. The lowest BCUT2D eigenvalue weighted by molar-refractivity contribution is -0.121. The molecule has 0 bridgehead atoms. The Morgan fingerprint density at radius 2 is 1.92 bits per heavy atom. The Balaban J connectivity index is 1.52. The van der Waals surface area contributed by atoms with Crippen LogP contribution in [0.1, 0.15) is 42.5 Å². The number of carbonyl (C=O) groups is 2. The van der Waals surface area contributed by atoms with Crippen LogP contribution in [0.4, 0.5) is 0 Å². The summed E-state index contributed by atoms with van der Waals surface area (Å²) in [7, 11) is 0. The number of hydrogen-bond acceptors (Lipinski definition) is 3. The molecule has 0 atom stereocenters. The average molecular weight is 396 g/mol. The van der Waals surface area contributed by atoms with Crippen LogP contribution >= 0.6 is 15.9 Å². The summed E-state index contributed by atoms with van der Waals surface area (Å²) in [5, 5.41) is 9.13. The minimum atomic E-state index is -0.0893. The molecule has 2 rings (SSSR count). The topological polar surface area (TPSA) is 70.2 Å². The van der Waals surface area contributed by atoms with Gasteiger partial charge < -0.3 is 16.0 Å². The van der Waals surface area contributed by atoms with Gasteiger partial charge in [-0.25, -0.2) is 0 Å². The smallest absolute Gasteiger partial charge is 0.251 e. The fourth-order valence-corrected chi connectivity index (χ4v) is 3.24. The molecule has 3 N–H and O–H groups in total. The highest BCUT2D eigenvalue weighted by atomic mass is 79.9. The van der Waals surface area contributed by atoms with Crippen molar-refractivity contribution in [2.75, 3.05) is 26.2 Å². The van der Waals surface area contributed by atoms with E-state index in [9.17, 15) is 9.59 Å². The molecule has 0 unspecified atom stereocenters. The van der Waals surface area contributed by atoms with Crippen LogP contribution in [0.2, 0.25) is 0 Å². The Hall–Kier alpha value is -1.40. The largest absolute Gasteiger partial charge is 0.356 e. The summed E-state index contributed by atoms with van der Waals surface area (Å²) in [5.74, 6) is 0.710. The summed E-state index contributed by atoms with van der Waals surface area (Å²) < 4.78 is 0.885. The number of rotatable bonds is 8. The van der Waals surface area contributed by atoms with E-state index in [-0.39, 0.29) is 11.8 Å². The third-order valence-corrected chi connectivity index (χ3v) is 4.78. The molecule has 132 valence electrons. The van der Waals surface area contributed by atoms with Crippen molar-refractivity contribution < 1.29 is 9.59 Å². The molecular weight excluding hydrogens is 370 g/mol. The molecule has 1 saturated heterocycles. The van der Waals surface area contributed by atoms with Crippen LogP contribution in [0.3, 0.4) is 0 Å². The van der Waals surface area contributed by atoms with Crippen molar-refractivity contribution in [1.82, 2.24) is 16.0 Å². The number of carbonyl (C=O) groups excluding carboxylic acids is 2. The van der Waals surface area contributed by atoms with Gasteiger partial charge in [0.05, 0.1) is 0 Å². The fraction of sp³-hybridized carbons (Fsp3) is 0.556. The molecule has 2 amide bonds. The molecule has 1 aromatic rings. The second-order valence-electron chi connectivity index (χ2n) is 6.20. The maximum absolute atomic E-state index is 11.9. The van der Waals surface area contributed by atoms with Crippen molar-refractivity contribution in [3.05, 3.63) is 34.3 Å². The maximum atomic E-state index is 11.9. The Labute approximate surface area is 152 Å². The standard InChI is InChI=1S/C18H26BrN3O2/c19-16-4-1-3-15(13-16)18(24)22-10-2-9-21-17(23)6-5-14-7-11-20-12-8-14/h1,3-4,13-14,20H,2,5-12H2,(H,21,23)(H,22,24). The molecule has 0 saturated carbocycles. The Kier molecular flexibility index (Phi) is 8.25. The van der Waals surface area contributed by atoms with Crippen LogP contribution in [-0.2, 0) is 4.79 Å². The van der Waals surface area contributed by atoms with Gasteiger partial charge in [-0.05, 0) is 62.9 Å². The molecule has 0 aliphatic carbocycles. The first kappa shape index (κ1) is 18.9. The average Bonchev–Trinajstić information content (AvgIpc) is 2.60. The normalized spacial score (nSPS) is 15.0. The lowest BCUT2D eigenvalue weighted by Gasteiger charge is -2.22. The van der Waals surface area contributed by atoms with E-state index in [1.165, 1.54) is 12.8 Å². The molecule has 1 heterocycles. The van der Waals surface area contributed by atoms with E-state index in [0.717, 1.165) is 30.4 Å². The van der Waals surface area contributed by atoms with Gasteiger partial charge in [-0.15, -0.1) is 0 Å². The minimum absolute atomic E-state index is 0.0893. The van der Waals surface area contributed by atoms with Crippen LogP contribution in [-0.4, -0.2) is 38.0 Å². The third kappa shape index (κ3) is 7.01. The lowest BCUT2D eigenvalue weighted by atomic mass is 9.93. The molecule has 5 nitrogen and oxygen atoms in total. The van der Waals surface area contributed by atoms with E-state index in [1.807, 2.05) is 12.1 Å². The van der Waals surface area contributed by atoms with E-state index in [0.29, 0.717) is 31.0 Å². The summed E-state index contributed by atoms with van der Waals surface area (Å²) in [6.45, 7) is 3.30. The van der Waals surface area contributed by atoms with Gasteiger partial charge in [0, 0.05) is 29.5 Å². The molecule has 0 aromatic heterocycles. The highest BCUT2D eigenvalue weighted by Gasteiger charge is 2.14. The molecule has 1 fully saturated rings.